The standard InChI is InChI=1S/C20H13BrFN3O4S/c21-14-4-1-12(2-5-14)19(26)23-24-20(27)13-3-10-18(17(11-13)25(28)29)30-16-8-6-15(22)7-9-16/h1-11H,(H,23,26)(H,24,27). The lowest BCUT2D eigenvalue weighted by Crippen LogP contribution is -2.41. The second-order valence-corrected chi connectivity index (χ2v) is 7.94. The maximum Gasteiger partial charge on any atom is 0.284 e. The van der Waals surface area contributed by atoms with Crippen molar-refractivity contribution in [2.24, 2.45) is 0 Å². The fraction of sp³-hybridized carbons (Fsp3) is 0. The number of carbonyl (C=O) groups excluding carboxylic acids is 2. The molecule has 0 heterocycles. The zero-order chi connectivity index (χ0) is 21.7. The summed E-state index contributed by atoms with van der Waals surface area (Å²) in [6, 6.07) is 16.0. The van der Waals surface area contributed by atoms with Gasteiger partial charge in [-0.05, 0) is 60.7 Å². The second kappa shape index (κ2) is 9.51. The first-order chi connectivity index (χ1) is 14.3. The number of nitro benzene ring substituents is 1. The third-order valence-corrected chi connectivity index (χ3v) is 5.46. The van der Waals surface area contributed by atoms with Crippen LogP contribution in [0.4, 0.5) is 10.1 Å². The molecule has 0 spiro atoms. The number of nitrogens with zero attached hydrogens (tertiary/aromatic N) is 1. The highest BCUT2D eigenvalue weighted by Crippen LogP contribution is 2.35. The highest BCUT2D eigenvalue weighted by molar-refractivity contribution is 9.10. The van der Waals surface area contributed by atoms with Crippen LogP contribution in [0.2, 0.25) is 0 Å². The number of nitrogens with one attached hydrogen (secondary N) is 2. The van der Waals surface area contributed by atoms with E-state index in [1.165, 1.54) is 36.4 Å². The minimum Gasteiger partial charge on any atom is -0.267 e. The van der Waals surface area contributed by atoms with Crippen molar-refractivity contribution < 1.29 is 18.9 Å². The van der Waals surface area contributed by atoms with Gasteiger partial charge in [0.15, 0.2) is 0 Å². The van der Waals surface area contributed by atoms with Crippen LogP contribution in [0, 0.1) is 15.9 Å². The van der Waals surface area contributed by atoms with Gasteiger partial charge in [-0.25, -0.2) is 4.39 Å². The molecular formula is C20H13BrFN3O4S. The van der Waals surface area contributed by atoms with Gasteiger partial charge < -0.3 is 0 Å². The van der Waals surface area contributed by atoms with Crippen LogP contribution in [0.25, 0.3) is 0 Å². The van der Waals surface area contributed by atoms with E-state index in [1.54, 1.807) is 24.3 Å². The molecule has 3 aromatic carbocycles. The molecule has 0 aliphatic carbocycles. The molecular weight excluding hydrogens is 477 g/mol. The first-order valence-corrected chi connectivity index (χ1v) is 10.0. The minimum absolute atomic E-state index is 0.00117. The third-order valence-electron chi connectivity index (χ3n) is 3.86. The Labute approximate surface area is 182 Å². The number of amides is 2. The molecule has 3 aromatic rings. The normalized spacial score (nSPS) is 10.3. The lowest BCUT2D eigenvalue weighted by molar-refractivity contribution is -0.387. The summed E-state index contributed by atoms with van der Waals surface area (Å²) in [6.07, 6.45) is 0. The molecule has 0 unspecified atom stereocenters. The summed E-state index contributed by atoms with van der Waals surface area (Å²) in [5.74, 6) is -1.65. The second-order valence-electron chi connectivity index (χ2n) is 5.91. The number of halogens is 2. The minimum atomic E-state index is -0.707. The predicted octanol–water partition coefficient (Wildman–Crippen LogP) is 4.72. The molecule has 0 saturated carbocycles. The van der Waals surface area contributed by atoms with Crippen LogP contribution in [0.5, 0.6) is 0 Å². The first-order valence-electron chi connectivity index (χ1n) is 8.41. The van der Waals surface area contributed by atoms with Crippen molar-refractivity contribution in [2.75, 3.05) is 0 Å². The Kier molecular flexibility index (Phi) is 6.80. The van der Waals surface area contributed by atoms with Gasteiger partial charge in [0.25, 0.3) is 17.5 Å². The molecule has 7 nitrogen and oxygen atoms in total. The topological polar surface area (TPSA) is 101 Å². The molecule has 0 bridgehead atoms. The van der Waals surface area contributed by atoms with Gasteiger partial charge in [-0.3, -0.25) is 30.6 Å². The van der Waals surface area contributed by atoms with Gasteiger partial charge in [0.2, 0.25) is 0 Å². The fourth-order valence-corrected chi connectivity index (χ4v) is 3.54. The highest BCUT2D eigenvalue weighted by Gasteiger charge is 2.19. The van der Waals surface area contributed by atoms with Crippen LogP contribution in [-0.2, 0) is 0 Å². The Hall–Kier alpha value is -3.24. The number of rotatable bonds is 5. The van der Waals surface area contributed by atoms with Gasteiger partial charge in [-0.1, -0.05) is 27.7 Å². The summed E-state index contributed by atoms with van der Waals surface area (Å²) in [4.78, 5) is 36.1. The third kappa shape index (κ3) is 5.43. The van der Waals surface area contributed by atoms with Crippen molar-refractivity contribution in [3.63, 3.8) is 0 Å². The van der Waals surface area contributed by atoms with Crippen molar-refractivity contribution in [3.05, 3.63) is 98.3 Å². The zero-order valence-corrected chi connectivity index (χ0v) is 17.5. The van der Waals surface area contributed by atoms with Crippen molar-refractivity contribution in [1.29, 1.82) is 0 Å². The summed E-state index contributed by atoms with van der Waals surface area (Å²) in [7, 11) is 0. The number of hydrogen-bond acceptors (Lipinski definition) is 5. The average molecular weight is 490 g/mol. The molecule has 30 heavy (non-hydrogen) atoms. The zero-order valence-electron chi connectivity index (χ0n) is 15.1. The monoisotopic (exact) mass is 489 g/mol. The Bertz CT molecular complexity index is 1110. The van der Waals surface area contributed by atoms with E-state index in [9.17, 15) is 24.1 Å². The molecule has 0 aliphatic heterocycles. The number of carbonyl (C=O) groups is 2. The van der Waals surface area contributed by atoms with E-state index in [2.05, 4.69) is 26.8 Å². The van der Waals surface area contributed by atoms with Crippen LogP contribution in [-0.4, -0.2) is 16.7 Å². The maximum atomic E-state index is 13.0. The molecule has 2 N–H and O–H groups in total. The van der Waals surface area contributed by atoms with Crippen molar-refractivity contribution in [1.82, 2.24) is 10.9 Å². The SMILES string of the molecule is O=C(NNC(=O)c1ccc(Sc2ccc(F)cc2)c([N+](=O)[O-])c1)c1ccc(Br)cc1. The van der Waals surface area contributed by atoms with Gasteiger partial charge in [0.1, 0.15) is 5.82 Å². The van der Waals surface area contributed by atoms with Crippen LogP contribution < -0.4 is 10.9 Å². The van der Waals surface area contributed by atoms with Crippen LogP contribution >= 0.6 is 27.7 Å². The van der Waals surface area contributed by atoms with E-state index < -0.39 is 22.6 Å². The quantitative estimate of drug-likeness (QED) is 0.398. The van der Waals surface area contributed by atoms with Crippen molar-refractivity contribution in [2.45, 2.75) is 9.79 Å². The molecule has 0 atom stereocenters. The molecule has 3 rings (SSSR count). The maximum absolute atomic E-state index is 13.0. The predicted molar refractivity (Wildman–Crippen MR) is 113 cm³/mol. The molecule has 152 valence electrons. The number of hydrogen-bond donors (Lipinski definition) is 2. The summed E-state index contributed by atoms with van der Waals surface area (Å²) >= 11 is 4.34. The molecule has 0 aliphatic rings. The van der Waals surface area contributed by atoms with Crippen LogP contribution in [0.15, 0.2) is 81.0 Å². The molecule has 0 aromatic heterocycles. The molecule has 0 radical (unpaired) electrons. The Balaban J connectivity index is 1.72. The van der Waals surface area contributed by atoms with E-state index in [-0.39, 0.29) is 11.3 Å². The molecule has 2 amide bonds. The summed E-state index contributed by atoms with van der Waals surface area (Å²) in [5, 5.41) is 11.4. The molecule has 0 saturated heterocycles. The van der Waals surface area contributed by atoms with Gasteiger partial charge in [-0.15, -0.1) is 0 Å². The Morgan fingerprint density at radius 1 is 0.900 bits per heavy atom. The average Bonchev–Trinajstić information content (AvgIpc) is 2.74. The van der Waals surface area contributed by atoms with Gasteiger partial charge in [0, 0.05) is 26.6 Å². The first kappa shape index (κ1) is 21.5. The smallest absolute Gasteiger partial charge is 0.267 e. The Morgan fingerprint density at radius 3 is 2.07 bits per heavy atom. The largest absolute Gasteiger partial charge is 0.284 e. The van der Waals surface area contributed by atoms with E-state index in [1.807, 2.05) is 0 Å². The summed E-state index contributed by atoms with van der Waals surface area (Å²) < 4.78 is 13.8. The molecule has 0 fully saturated rings. The van der Waals surface area contributed by atoms with Crippen LogP contribution in [0.1, 0.15) is 20.7 Å². The van der Waals surface area contributed by atoms with Gasteiger partial charge in [0.05, 0.1) is 9.82 Å². The van der Waals surface area contributed by atoms with Crippen LogP contribution in [0.3, 0.4) is 0 Å². The van der Waals surface area contributed by atoms with E-state index in [0.717, 1.165) is 22.3 Å². The Morgan fingerprint density at radius 2 is 1.47 bits per heavy atom. The van der Waals surface area contributed by atoms with E-state index in [4.69, 9.17) is 0 Å². The van der Waals surface area contributed by atoms with E-state index in [0.29, 0.717) is 15.4 Å². The lowest BCUT2D eigenvalue weighted by atomic mass is 10.2. The number of benzene rings is 3. The highest BCUT2D eigenvalue weighted by atomic mass is 79.9. The summed E-state index contributed by atoms with van der Waals surface area (Å²) in [5.41, 5.74) is 4.54. The fourth-order valence-electron chi connectivity index (χ4n) is 2.38. The molecule has 10 heteroatoms. The van der Waals surface area contributed by atoms with Crippen molar-refractivity contribution in [3.8, 4) is 0 Å². The number of hydrazine groups is 1. The summed E-state index contributed by atoms with van der Waals surface area (Å²) in [6.45, 7) is 0. The van der Waals surface area contributed by atoms with E-state index >= 15 is 0 Å². The van der Waals surface area contributed by atoms with Crippen molar-refractivity contribution >= 4 is 45.2 Å². The number of nitro groups is 1. The van der Waals surface area contributed by atoms with Gasteiger partial charge >= 0.3 is 0 Å². The van der Waals surface area contributed by atoms with Gasteiger partial charge in [-0.2, -0.15) is 0 Å². The lowest BCUT2D eigenvalue weighted by Gasteiger charge is -2.09.